The quantitative estimate of drug-likeness (QED) is 0.565. The van der Waals surface area contributed by atoms with Crippen molar-refractivity contribution in [1.82, 2.24) is 10.5 Å². The van der Waals surface area contributed by atoms with Crippen molar-refractivity contribution < 1.29 is 9.53 Å². The number of carbonyl (C=O) groups excluding carboxylic acids is 1. The zero-order valence-corrected chi connectivity index (χ0v) is 10.7. The van der Waals surface area contributed by atoms with Crippen LogP contribution in [0.4, 0.5) is 0 Å². The molecule has 0 aromatic rings. The molecule has 0 saturated carbocycles. The van der Waals surface area contributed by atoms with E-state index in [0.717, 1.165) is 5.57 Å². The minimum absolute atomic E-state index is 0.122. The highest BCUT2D eigenvalue weighted by molar-refractivity contribution is 5.76. The molecule has 5 heteroatoms. The van der Waals surface area contributed by atoms with Crippen LogP contribution >= 0.6 is 0 Å². The van der Waals surface area contributed by atoms with E-state index in [2.05, 4.69) is 11.5 Å². The van der Waals surface area contributed by atoms with Gasteiger partial charge in [-0.2, -0.15) is 0 Å². The van der Waals surface area contributed by atoms with Crippen LogP contribution in [0.3, 0.4) is 0 Å². The average molecular weight is 249 g/mol. The molecule has 2 atom stereocenters. The van der Waals surface area contributed by atoms with Crippen LogP contribution in [-0.4, -0.2) is 23.2 Å². The molecule has 98 valence electrons. The van der Waals surface area contributed by atoms with Crippen molar-refractivity contribution in [2.45, 2.75) is 32.4 Å². The molecule has 0 saturated heterocycles. The minimum Gasteiger partial charge on any atom is -0.462 e. The van der Waals surface area contributed by atoms with Crippen LogP contribution in [0.2, 0.25) is 0 Å². The Labute approximate surface area is 107 Å². The highest BCUT2D eigenvalue weighted by atomic mass is 16.5. The van der Waals surface area contributed by atoms with Gasteiger partial charge in [0.15, 0.2) is 0 Å². The molecule has 0 aromatic carbocycles. The molecule has 1 aliphatic heterocycles. The summed E-state index contributed by atoms with van der Waals surface area (Å²) in [6, 6.07) is -0.424. The van der Waals surface area contributed by atoms with E-state index in [9.17, 15) is 4.79 Å². The van der Waals surface area contributed by atoms with E-state index in [-0.39, 0.29) is 18.0 Å². The molecule has 5 nitrogen and oxygen atoms in total. The molecular formula is C13H19N3O2. The number of nitrogens with two attached hydrogens (primary N) is 1. The Hall–Kier alpha value is -1.59. The molecule has 1 heterocycles. The molecule has 2 aliphatic rings. The zero-order valence-electron chi connectivity index (χ0n) is 10.7. The molecule has 2 unspecified atom stereocenters. The van der Waals surface area contributed by atoms with Crippen molar-refractivity contribution in [2.24, 2.45) is 11.8 Å². The van der Waals surface area contributed by atoms with E-state index in [1.807, 2.05) is 32.1 Å². The molecule has 2 rings (SSSR count). The van der Waals surface area contributed by atoms with Gasteiger partial charge in [-0.1, -0.05) is 24.3 Å². The maximum absolute atomic E-state index is 11.9. The van der Waals surface area contributed by atoms with E-state index in [0.29, 0.717) is 6.42 Å². The molecule has 18 heavy (non-hydrogen) atoms. The smallest absolute Gasteiger partial charge is 0.325 e. The molecule has 0 aromatic heterocycles. The normalized spacial score (nSPS) is 26.7. The lowest BCUT2D eigenvalue weighted by atomic mass is 9.90. The summed E-state index contributed by atoms with van der Waals surface area (Å²) in [5.74, 6) is 5.71. The van der Waals surface area contributed by atoms with E-state index in [1.165, 1.54) is 5.12 Å². The molecule has 1 aliphatic carbocycles. The summed E-state index contributed by atoms with van der Waals surface area (Å²) >= 11 is 0. The van der Waals surface area contributed by atoms with Crippen LogP contribution < -0.4 is 11.3 Å². The third-order valence-electron chi connectivity index (χ3n) is 2.89. The second-order valence-corrected chi connectivity index (χ2v) is 4.79. The molecule has 3 N–H and O–H groups in total. The first-order valence-corrected chi connectivity index (χ1v) is 6.13. The number of carbonyl (C=O) groups is 1. The first-order chi connectivity index (χ1) is 8.56. The van der Waals surface area contributed by atoms with Crippen LogP contribution in [0.1, 0.15) is 20.3 Å². The van der Waals surface area contributed by atoms with E-state index < -0.39 is 6.04 Å². The van der Waals surface area contributed by atoms with Gasteiger partial charge in [-0.05, 0) is 25.8 Å². The first kappa shape index (κ1) is 12.9. The number of nitrogens with one attached hydrogen (secondary N) is 1. The number of rotatable bonds is 2. The summed E-state index contributed by atoms with van der Waals surface area (Å²) in [4.78, 5) is 11.9. The second-order valence-electron chi connectivity index (χ2n) is 4.79. The predicted octanol–water partition coefficient (Wildman–Crippen LogP) is 1.02. The lowest BCUT2D eigenvalue weighted by molar-refractivity contribution is -0.151. The summed E-state index contributed by atoms with van der Waals surface area (Å²) in [6.45, 7) is 3.67. The second kappa shape index (κ2) is 5.37. The van der Waals surface area contributed by atoms with Crippen LogP contribution in [0, 0.1) is 5.92 Å². The Kier molecular flexibility index (Phi) is 3.84. The van der Waals surface area contributed by atoms with Crippen molar-refractivity contribution >= 4 is 5.97 Å². The van der Waals surface area contributed by atoms with Gasteiger partial charge in [-0.25, -0.2) is 11.3 Å². The summed E-state index contributed by atoms with van der Waals surface area (Å²) in [6.07, 6.45) is 10.3. The lowest BCUT2D eigenvalue weighted by Gasteiger charge is -2.22. The van der Waals surface area contributed by atoms with E-state index in [4.69, 9.17) is 10.6 Å². The van der Waals surface area contributed by atoms with Crippen molar-refractivity contribution in [1.29, 1.82) is 0 Å². The Morgan fingerprint density at radius 2 is 2.33 bits per heavy atom. The predicted molar refractivity (Wildman–Crippen MR) is 68.6 cm³/mol. The number of hydrazine groups is 2. The third-order valence-corrected chi connectivity index (χ3v) is 2.89. The fourth-order valence-electron chi connectivity index (χ4n) is 2.10. The Balaban J connectivity index is 2.10. The van der Waals surface area contributed by atoms with Crippen molar-refractivity contribution in [3.8, 4) is 0 Å². The zero-order chi connectivity index (χ0) is 13.1. The maximum atomic E-state index is 11.9. The number of esters is 1. The van der Waals surface area contributed by atoms with E-state index in [1.54, 1.807) is 6.20 Å². The summed E-state index contributed by atoms with van der Waals surface area (Å²) in [7, 11) is 0. The number of hydrogen-bond donors (Lipinski definition) is 2. The summed E-state index contributed by atoms with van der Waals surface area (Å²) in [5.41, 5.74) is 4.02. The van der Waals surface area contributed by atoms with Crippen LogP contribution in [0.5, 0.6) is 0 Å². The Morgan fingerprint density at radius 1 is 1.56 bits per heavy atom. The van der Waals surface area contributed by atoms with Crippen molar-refractivity contribution in [3.63, 3.8) is 0 Å². The summed E-state index contributed by atoms with van der Waals surface area (Å²) in [5, 5.41) is 1.34. The monoisotopic (exact) mass is 249 g/mol. The molecule has 0 spiro atoms. The lowest BCUT2D eigenvalue weighted by Crippen LogP contribution is -2.49. The van der Waals surface area contributed by atoms with Gasteiger partial charge in [0.2, 0.25) is 0 Å². The van der Waals surface area contributed by atoms with Gasteiger partial charge in [-0.3, -0.25) is 9.91 Å². The largest absolute Gasteiger partial charge is 0.462 e. The standard InChI is InChI=1S/C13H19N3O2/c1-9(2)18-13(17)12-7-10-5-3-4-6-11(10)8-16(14)15-12/h3-6,8-10,12,15H,7,14H2,1-2H3. The molecular weight excluding hydrogens is 230 g/mol. The Bertz CT molecular complexity index is 412. The average Bonchev–Trinajstić information content (AvgIpc) is 2.45. The fourth-order valence-corrected chi connectivity index (χ4v) is 2.10. The van der Waals surface area contributed by atoms with Gasteiger partial charge in [0.05, 0.1) is 6.10 Å². The van der Waals surface area contributed by atoms with Gasteiger partial charge in [0.25, 0.3) is 0 Å². The van der Waals surface area contributed by atoms with Gasteiger partial charge in [-0.15, -0.1) is 0 Å². The van der Waals surface area contributed by atoms with Gasteiger partial charge in [0, 0.05) is 12.1 Å². The fraction of sp³-hybridized carbons (Fsp3) is 0.462. The molecule has 0 bridgehead atoms. The molecule has 0 fully saturated rings. The van der Waals surface area contributed by atoms with Gasteiger partial charge in [0.1, 0.15) is 6.04 Å². The molecule has 0 amide bonds. The number of fused-ring (bicyclic) bond motifs is 1. The topological polar surface area (TPSA) is 67.6 Å². The van der Waals surface area contributed by atoms with Crippen LogP contribution in [0.25, 0.3) is 0 Å². The number of hydrogen-bond acceptors (Lipinski definition) is 5. The van der Waals surface area contributed by atoms with E-state index >= 15 is 0 Å². The first-order valence-electron chi connectivity index (χ1n) is 6.13. The van der Waals surface area contributed by atoms with Crippen LogP contribution in [-0.2, 0) is 9.53 Å². The SMILES string of the molecule is CC(C)OC(=O)C1CC2C=CC=CC2=CN(N)N1. The highest BCUT2D eigenvalue weighted by Gasteiger charge is 2.29. The number of allylic oxidation sites excluding steroid dienone is 5. The van der Waals surface area contributed by atoms with Gasteiger partial charge >= 0.3 is 5.97 Å². The minimum atomic E-state index is -0.424. The third kappa shape index (κ3) is 3.00. The van der Waals surface area contributed by atoms with Crippen molar-refractivity contribution in [2.75, 3.05) is 0 Å². The Morgan fingerprint density at radius 3 is 3.06 bits per heavy atom. The number of ether oxygens (including phenoxy) is 1. The van der Waals surface area contributed by atoms with Crippen molar-refractivity contribution in [3.05, 3.63) is 36.1 Å². The number of nitrogens with zero attached hydrogens (tertiary/aromatic N) is 1. The van der Waals surface area contributed by atoms with Gasteiger partial charge < -0.3 is 4.74 Å². The molecule has 0 radical (unpaired) electrons. The maximum Gasteiger partial charge on any atom is 0.325 e. The highest BCUT2D eigenvalue weighted by Crippen LogP contribution is 2.26. The summed E-state index contributed by atoms with van der Waals surface area (Å²) < 4.78 is 5.22. The van der Waals surface area contributed by atoms with Crippen LogP contribution in [0.15, 0.2) is 36.1 Å².